The number of amides is 2. The van der Waals surface area contributed by atoms with Gasteiger partial charge in [0.2, 0.25) is 11.8 Å². The summed E-state index contributed by atoms with van der Waals surface area (Å²) in [4.78, 5) is 27.6. The molecule has 1 aliphatic rings. The fourth-order valence-corrected chi connectivity index (χ4v) is 2.56. The van der Waals surface area contributed by atoms with Gasteiger partial charge in [0.1, 0.15) is 6.54 Å². The van der Waals surface area contributed by atoms with Crippen molar-refractivity contribution in [3.8, 4) is 0 Å². The molecule has 1 saturated heterocycles. The Balaban J connectivity index is 2.09. The van der Waals surface area contributed by atoms with E-state index in [1.807, 2.05) is 36.1 Å². The highest BCUT2D eigenvalue weighted by atomic mass is 16.2. The maximum Gasteiger partial charge on any atom is 0.242 e. The summed E-state index contributed by atoms with van der Waals surface area (Å²) in [6, 6.07) is 7.70. The molecule has 2 amide bonds. The van der Waals surface area contributed by atoms with Gasteiger partial charge in [-0.05, 0) is 43.9 Å². The topological polar surface area (TPSA) is 40.6 Å². The zero-order valence-corrected chi connectivity index (χ0v) is 12.3. The lowest BCUT2D eigenvalue weighted by molar-refractivity contribution is -0.132. The Hall–Kier alpha value is -1.84. The molecule has 0 saturated carbocycles. The molecule has 4 nitrogen and oxygen atoms in total. The number of carbonyl (C=O) groups is 2. The minimum absolute atomic E-state index is 0.0430. The summed E-state index contributed by atoms with van der Waals surface area (Å²) in [5, 5.41) is 0. The first-order valence-electron chi connectivity index (χ1n) is 7.20. The monoisotopic (exact) mass is 274 g/mol. The van der Waals surface area contributed by atoms with Gasteiger partial charge in [0.05, 0.1) is 0 Å². The number of nitrogens with zero attached hydrogens (tertiary/aromatic N) is 2. The molecule has 108 valence electrons. The van der Waals surface area contributed by atoms with E-state index in [-0.39, 0.29) is 18.4 Å². The van der Waals surface area contributed by atoms with E-state index < -0.39 is 0 Å². The van der Waals surface area contributed by atoms with Gasteiger partial charge in [0.25, 0.3) is 0 Å². The third kappa shape index (κ3) is 3.59. The molecule has 1 aliphatic heterocycles. The molecule has 0 N–H and O–H groups in total. The molecule has 4 heteroatoms. The number of piperidine rings is 1. The zero-order chi connectivity index (χ0) is 14.5. The van der Waals surface area contributed by atoms with E-state index in [0.29, 0.717) is 0 Å². The fraction of sp³-hybridized carbons (Fsp3) is 0.500. The van der Waals surface area contributed by atoms with Crippen LogP contribution in [0.3, 0.4) is 0 Å². The number of likely N-dealkylation sites (tertiary alicyclic amines) is 1. The molecule has 1 aromatic rings. The molecule has 20 heavy (non-hydrogen) atoms. The smallest absolute Gasteiger partial charge is 0.242 e. The maximum atomic E-state index is 12.3. The Morgan fingerprint density at radius 2 is 1.90 bits per heavy atom. The van der Waals surface area contributed by atoms with Crippen LogP contribution in [0.1, 0.15) is 31.7 Å². The van der Waals surface area contributed by atoms with Gasteiger partial charge in [-0.3, -0.25) is 9.59 Å². The number of aryl methyl sites for hydroxylation is 1. The van der Waals surface area contributed by atoms with Crippen LogP contribution in [0.5, 0.6) is 0 Å². The lowest BCUT2D eigenvalue weighted by Gasteiger charge is -2.29. The van der Waals surface area contributed by atoms with E-state index in [9.17, 15) is 9.59 Å². The number of carbonyl (C=O) groups excluding carboxylic acids is 2. The largest absolute Gasteiger partial charge is 0.341 e. The Labute approximate surface area is 120 Å². The minimum atomic E-state index is -0.0963. The van der Waals surface area contributed by atoms with E-state index in [1.165, 1.54) is 13.3 Å². The summed E-state index contributed by atoms with van der Waals surface area (Å²) in [7, 11) is 0. The Morgan fingerprint density at radius 1 is 1.20 bits per heavy atom. The van der Waals surface area contributed by atoms with E-state index >= 15 is 0 Å². The van der Waals surface area contributed by atoms with Crippen LogP contribution in [0.2, 0.25) is 0 Å². The van der Waals surface area contributed by atoms with Gasteiger partial charge in [-0.2, -0.15) is 0 Å². The average molecular weight is 274 g/mol. The summed E-state index contributed by atoms with van der Waals surface area (Å²) < 4.78 is 0. The maximum absolute atomic E-state index is 12.3. The zero-order valence-electron chi connectivity index (χ0n) is 12.3. The first-order valence-corrected chi connectivity index (χ1v) is 7.20. The third-order valence-electron chi connectivity index (χ3n) is 3.70. The van der Waals surface area contributed by atoms with Crippen molar-refractivity contribution in [2.75, 3.05) is 24.5 Å². The Morgan fingerprint density at radius 3 is 2.50 bits per heavy atom. The lowest BCUT2D eigenvalue weighted by Crippen LogP contribution is -2.44. The van der Waals surface area contributed by atoms with E-state index in [0.717, 1.165) is 37.2 Å². The highest BCUT2D eigenvalue weighted by molar-refractivity contribution is 5.97. The highest BCUT2D eigenvalue weighted by Crippen LogP contribution is 2.17. The van der Waals surface area contributed by atoms with Crippen molar-refractivity contribution in [3.05, 3.63) is 29.8 Å². The van der Waals surface area contributed by atoms with Gasteiger partial charge in [0, 0.05) is 25.7 Å². The van der Waals surface area contributed by atoms with Crippen molar-refractivity contribution in [2.45, 2.75) is 33.1 Å². The predicted octanol–water partition coefficient (Wildman–Crippen LogP) is 2.36. The molecule has 0 aromatic heterocycles. The van der Waals surface area contributed by atoms with Crippen molar-refractivity contribution in [1.29, 1.82) is 0 Å². The van der Waals surface area contributed by atoms with Gasteiger partial charge >= 0.3 is 0 Å². The predicted molar refractivity (Wildman–Crippen MR) is 79.6 cm³/mol. The van der Waals surface area contributed by atoms with Gasteiger partial charge in [-0.25, -0.2) is 0 Å². The van der Waals surface area contributed by atoms with Gasteiger partial charge in [0.15, 0.2) is 0 Å². The number of rotatable bonds is 3. The number of hydrogen-bond acceptors (Lipinski definition) is 2. The third-order valence-corrected chi connectivity index (χ3v) is 3.70. The number of hydrogen-bond donors (Lipinski definition) is 0. The van der Waals surface area contributed by atoms with Gasteiger partial charge < -0.3 is 9.80 Å². The number of anilines is 1. The molecular weight excluding hydrogens is 252 g/mol. The van der Waals surface area contributed by atoms with Crippen LogP contribution in [0.25, 0.3) is 0 Å². The van der Waals surface area contributed by atoms with Crippen molar-refractivity contribution in [3.63, 3.8) is 0 Å². The standard InChI is InChI=1S/C16H22N2O2/c1-13-7-6-8-15(11-13)18(14(2)19)12-16(20)17-9-4-3-5-10-17/h6-8,11H,3-5,9-10,12H2,1-2H3. The summed E-state index contributed by atoms with van der Waals surface area (Å²) in [6.07, 6.45) is 3.32. The van der Waals surface area contributed by atoms with Crippen molar-refractivity contribution >= 4 is 17.5 Å². The molecule has 0 unspecified atom stereocenters. The minimum Gasteiger partial charge on any atom is -0.341 e. The molecule has 1 aromatic carbocycles. The van der Waals surface area contributed by atoms with Gasteiger partial charge in [-0.1, -0.05) is 12.1 Å². The van der Waals surface area contributed by atoms with Crippen molar-refractivity contribution < 1.29 is 9.59 Å². The average Bonchev–Trinajstić information content (AvgIpc) is 2.45. The van der Waals surface area contributed by atoms with Crippen molar-refractivity contribution in [1.82, 2.24) is 4.90 Å². The lowest BCUT2D eigenvalue weighted by atomic mass is 10.1. The first kappa shape index (κ1) is 14.6. The molecule has 0 atom stereocenters. The van der Waals surface area contributed by atoms with Crippen molar-refractivity contribution in [2.24, 2.45) is 0 Å². The quantitative estimate of drug-likeness (QED) is 0.849. The Kier molecular flexibility index (Phi) is 4.77. The van der Waals surface area contributed by atoms with E-state index in [2.05, 4.69) is 0 Å². The molecule has 0 aliphatic carbocycles. The fourth-order valence-electron chi connectivity index (χ4n) is 2.56. The van der Waals surface area contributed by atoms with Gasteiger partial charge in [-0.15, -0.1) is 0 Å². The van der Waals surface area contributed by atoms with Crippen LogP contribution < -0.4 is 4.90 Å². The summed E-state index contributed by atoms with van der Waals surface area (Å²) >= 11 is 0. The van der Waals surface area contributed by atoms with Crippen LogP contribution >= 0.6 is 0 Å². The molecule has 2 rings (SSSR count). The normalized spacial score (nSPS) is 15.0. The number of benzene rings is 1. The molecule has 0 bridgehead atoms. The van der Waals surface area contributed by atoms with Crippen LogP contribution in [-0.2, 0) is 9.59 Å². The van der Waals surface area contributed by atoms with E-state index in [4.69, 9.17) is 0 Å². The molecule has 0 radical (unpaired) electrons. The highest BCUT2D eigenvalue weighted by Gasteiger charge is 2.21. The first-order chi connectivity index (χ1) is 9.58. The second-order valence-corrected chi connectivity index (χ2v) is 5.39. The van der Waals surface area contributed by atoms with Crippen LogP contribution in [-0.4, -0.2) is 36.3 Å². The molecule has 1 fully saturated rings. The van der Waals surface area contributed by atoms with Crippen LogP contribution in [0.4, 0.5) is 5.69 Å². The SMILES string of the molecule is CC(=O)N(CC(=O)N1CCCCC1)c1cccc(C)c1. The Bertz CT molecular complexity index is 493. The summed E-state index contributed by atoms with van der Waals surface area (Å²) in [5.74, 6) is -0.0534. The molecule has 1 heterocycles. The second-order valence-electron chi connectivity index (χ2n) is 5.39. The molecule has 0 spiro atoms. The molecular formula is C16H22N2O2. The summed E-state index contributed by atoms with van der Waals surface area (Å²) in [6.45, 7) is 5.26. The van der Waals surface area contributed by atoms with Crippen LogP contribution in [0, 0.1) is 6.92 Å². The summed E-state index contributed by atoms with van der Waals surface area (Å²) in [5.41, 5.74) is 1.88. The van der Waals surface area contributed by atoms with Crippen LogP contribution in [0.15, 0.2) is 24.3 Å². The van der Waals surface area contributed by atoms with E-state index in [1.54, 1.807) is 4.90 Å². The second kappa shape index (κ2) is 6.55.